The van der Waals surface area contributed by atoms with Gasteiger partial charge in [-0.25, -0.2) is 0 Å². The molecule has 0 aliphatic carbocycles. The van der Waals surface area contributed by atoms with Crippen molar-refractivity contribution >= 4 is 0 Å². The lowest BCUT2D eigenvalue weighted by molar-refractivity contribution is -0.629. The summed E-state index contributed by atoms with van der Waals surface area (Å²) < 4.78 is 34.1. The monoisotopic (exact) mass is 302 g/mol. The number of benzene rings is 1. The zero-order valence-corrected chi connectivity index (χ0v) is 11.5. The molecule has 21 heavy (non-hydrogen) atoms. The highest BCUT2D eigenvalue weighted by Crippen LogP contribution is 2.53. The van der Waals surface area contributed by atoms with Crippen LogP contribution in [0.2, 0.25) is 0 Å². The van der Waals surface area contributed by atoms with Crippen LogP contribution in [0.25, 0.3) is 0 Å². The van der Waals surface area contributed by atoms with Gasteiger partial charge >= 0.3 is 11.5 Å². The number of hydrogen-bond donors (Lipinski definition) is 2. The first kappa shape index (κ1) is 15.6. The summed E-state index contributed by atoms with van der Waals surface area (Å²) in [6.45, 7) is 0.654. The maximum atomic E-state index is 14.3. The first-order valence-corrected chi connectivity index (χ1v) is 6.28. The fourth-order valence-electron chi connectivity index (χ4n) is 3.04. The maximum Gasteiger partial charge on any atom is 0.344 e. The molecule has 1 aromatic rings. The van der Waals surface area contributed by atoms with Crippen LogP contribution in [-0.2, 0) is 0 Å². The van der Waals surface area contributed by atoms with Crippen molar-refractivity contribution in [2.24, 2.45) is 5.73 Å². The third kappa shape index (κ3) is 1.82. The van der Waals surface area contributed by atoms with Gasteiger partial charge in [0.2, 0.25) is 0 Å². The van der Waals surface area contributed by atoms with Crippen LogP contribution in [0.5, 0.6) is 5.75 Å². The average Bonchev–Trinajstić information content (AvgIpc) is 2.37. The highest BCUT2D eigenvalue weighted by Gasteiger charge is 2.78. The normalized spacial score (nSPS) is 27.6. The molecule has 2 rings (SSSR count). The molecule has 0 fully saturated rings. The van der Waals surface area contributed by atoms with E-state index in [4.69, 9.17) is 15.6 Å². The Labute approximate surface area is 119 Å². The van der Waals surface area contributed by atoms with Gasteiger partial charge in [0, 0.05) is 10.5 Å². The number of alkyl halides is 2. The molecular formula is C13H16F2N2O4. The zero-order valence-electron chi connectivity index (χ0n) is 11.5. The molecule has 0 bridgehead atoms. The number of para-hydroxylation sites is 1. The summed E-state index contributed by atoms with van der Waals surface area (Å²) in [5.74, 6) is -3.84. The topological polar surface area (TPSA) is 98.6 Å². The van der Waals surface area contributed by atoms with E-state index in [0.29, 0.717) is 0 Å². The Morgan fingerprint density at radius 1 is 1.48 bits per heavy atom. The summed E-state index contributed by atoms with van der Waals surface area (Å²) in [5, 5.41) is 20.6. The SMILES string of the molecule is CC1(C)Oc2ccccc2C(N)[C@]1([N+](=O)[O-])C(F)(F)CO. The molecule has 0 aromatic heterocycles. The molecule has 1 unspecified atom stereocenters. The van der Waals surface area contributed by atoms with E-state index in [-0.39, 0.29) is 11.3 Å². The van der Waals surface area contributed by atoms with Gasteiger partial charge in [0.1, 0.15) is 18.4 Å². The second-order valence-corrected chi connectivity index (χ2v) is 5.51. The first-order valence-electron chi connectivity index (χ1n) is 6.28. The Morgan fingerprint density at radius 2 is 2.05 bits per heavy atom. The molecule has 3 N–H and O–H groups in total. The molecule has 1 heterocycles. The summed E-state index contributed by atoms with van der Waals surface area (Å²) in [7, 11) is 0. The lowest BCUT2D eigenvalue weighted by Gasteiger charge is -2.48. The average molecular weight is 302 g/mol. The highest BCUT2D eigenvalue weighted by atomic mass is 19.3. The van der Waals surface area contributed by atoms with Gasteiger partial charge in [-0.2, -0.15) is 8.78 Å². The molecule has 116 valence electrons. The van der Waals surface area contributed by atoms with Gasteiger partial charge in [0.25, 0.3) is 0 Å². The van der Waals surface area contributed by atoms with E-state index in [1.807, 2.05) is 0 Å². The lowest BCUT2D eigenvalue weighted by atomic mass is 9.68. The fourth-order valence-corrected chi connectivity index (χ4v) is 3.04. The number of aliphatic hydroxyl groups is 1. The predicted molar refractivity (Wildman–Crippen MR) is 69.8 cm³/mol. The summed E-state index contributed by atoms with van der Waals surface area (Å²) in [4.78, 5) is 10.4. The maximum absolute atomic E-state index is 14.3. The van der Waals surface area contributed by atoms with Crippen LogP contribution in [0, 0.1) is 10.1 Å². The minimum absolute atomic E-state index is 0.113. The van der Waals surface area contributed by atoms with Crippen LogP contribution >= 0.6 is 0 Å². The molecular weight excluding hydrogens is 286 g/mol. The van der Waals surface area contributed by atoms with Gasteiger partial charge in [-0.15, -0.1) is 0 Å². The molecule has 1 aromatic carbocycles. The molecule has 0 spiro atoms. The zero-order chi connectivity index (χ0) is 16.1. The van der Waals surface area contributed by atoms with Crippen molar-refractivity contribution in [3.05, 3.63) is 39.9 Å². The molecule has 0 saturated heterocycles. The predicted octanol–water partition coefficient (Wildman–Crippen LogP) is 1.50. The number of hydrogen-bond acceptors (Lipinski definition) is 5. The third-order valence-electron chi connectivity index (χ3n) is 4.03. The Morgan fingerprint density at radius 3 is 2.57 bits per heavy atom. The van der Waals surface area contributed by atoms with Gasteiger partial charge in [-0.1, -0.05) is 18.2 Å². The van der Waals surface area contributed by atoms with Crippen molar-refractivity contribution < 1.29 is 23.5 Å². The number of rotatable bonds is 3. The number of ether oxygens (including phenoxy) is 1. The Balaban J connectivity index is 2.78. The van der Waals surface area contributed by atoms with Gasteiger partial charge < -0.3 is 15.6 Å². The minimum Gasteiger partial charge on any atom is -0.480 e. The second-order valence-electron chi connectivity index (χ2n) is 5.51. The minimum atomic E-state index is -4.06. The van der Waals surface area contributed by atoms with Crippen molar-refractivity contribution in [3.8, 4) is 5.75 Å². The van der Waals surface area contributed by atoms with Crippen LogP contribution in [0.1, 0.15) is 25.5 Å². The number of nitrogens with two attached hydrogens (primary N) is 1. The van der Waals surface area contributed by atoms with E-state index in [1.54, 1.807) is 6.07 Å². The molecule has 6 nitrogen and oxygen atoms in total. The van der Waals surface area contributed by atoms with Gasteiger partial charge in [0.15, 0.2) is 5.60 Å². The lowest BCUT2D eigenvalue weighted by Crippen LogP contribution is -2.75. The largest absolute Gasteiger partial charge is 0.480 e. The van der Waals surface area contributed by atoms with Gasteiger partial charge in [-0.05, 0) is 19.9 Å². The number of nitrogens with zero attached hydrogens (tertiary/aromatic N) is 1. The van der Waals surface area contributed by atoms with E-state index in [0.717, 1.165) is 0 Å². The standard InChI is InChI=1S/C13H16F2N2O4/c1-11(2)13(17(19)20,12(14,15)7-18)10(16)8-5-3-4-6-9(8)21-11/h3-6,10,18H,7,16H2,1-2H3/t10?,13-/m1/s1. The summed E-state index contributed by atoms with van der Waals surface area (Å²) in [6.07, 6.45) is 0. The smallest absolute Gasteiger partial charge is 0.344 e. The van der Waals surface area contributed by atoms with Crippen LogP contribution < -0.4 is 10.5 Å². The number of halogens is 2. The van der Waals surface area contributed by atoms with Crippen molar-refractivity contribution in [2.75, 3.05) is 6.61 Å². The first-order chi connectivity index (χ1) is 9.62. The van der Waals surface area contributed by atoms with Crippen molar-refractivity contribution in [2.45, 2.75) is 37.0 Å². The van der Waals surface area contributed by atoms with Gasteiger partial charge in [0.05, 0.1) is 0 Å². The number of aliphatic hydroxyl groups excluding tert-OH is 1. The van der Waals surface area contributed by atoms with Crippen molar-refractivity contribution in [1.82, 2.24) is 0 Å². The van der Waals surface area contributed by atoms with Crippen molar-refractivity contribution in [3.63, 3.8) is 0 Å². The molecule has 1 aliphatic heterocycles. The van der Waals surface area contributed by atoms with Gasteiger partial charge in [-0.3, -0.25) is 10.1 Å². The van der Waals surface area contributed by atoms with Crippen LogP contribution in [0.3, 0.4) is 0 Å². The number of nitro groups is 1. The summed E-state index contributed by atoms with van der Waals surface area (Å²) in [6, 6.07) is 4.43. The second kappa shape index (κ2) is 4.60. The van der Waals surface area contributed by atoms with E-state index >= 15 is 0 Å². The van der Waals surface area contributed by atoms with Crippen molar-refractivity contribution in [1.29, 1.82) is 0 Å². The van der Waals surface area contributed by atoms with Crippen LogP contribution in [0.4, 0.5) is 8.78 Å². The Bertz CT molecular complexity index is 579. The molecule has 0 radical (unpaired) electrons. The quantitative estimate of drug-likeness (QED) is 0.651. The van der Waals surface area contributed by atoms with E-state index in [9.17, 15) is 18.9 Å². The van der Waals surface area contributed by atoms with Crippen LogP contribution in [-0.4, -0.2) is 33.7 Å². The third-order valence-corrected chi connectivity index (χ3v) is 4.03. The highest BCUT2D eigenvalue weighted by molar-refractivity contribution is 5.42. The van der Waals surface area contributed by atoms with E-state index < -0.39 is 34.6 Å². The summed E-state index contributed by atoms with van der Waals surface area (Å²) >= 11 is 0. The Kier molecular flexibility index (Phi) is 3.42. The Hall–Kier alpha value is -1.80. The molecule has 8 heteroatoms. The summed E-state index contributed by atoms with van der Waals surface area (Å²) in [5.41, 5.74) is 1.06. The molecule has 1 aliphatic rings. The fraction of sp³-hybridized carbons (Fsp3) is 0.538. The molecule has 0 amide bonds. The van der Waals surface area contributed by atoms with E-state index in [2.05, 4.69) is 0 Å². The molecule has 0 saturated carbocycles. The van der Waals surface area contributed by atoms with Crippen LogP contribution in [0.15, 0.2) is 24.3 Å². The van der Waals surface area contributed by atoms with E-state index in [1.165, 1.54) is 32.0 Å². The molecule has 2 atom stereocenters. The number of fused-ring (bicyclic) bond motifs is 1.